The van der Waals surface area contributed by atoms with E-state index in [0.29, 0.717) is 0 Å². The summed E-state index contributed by atoms with van der Waals surface area (Å²) < 4.78 is 55.4. The fourth-order valence-corrected chi connectivity index (χ4v) is 4.01. The van der Waals surface area contributed by atoms with Crippen LogP contribution in [0.4, 0.5) is 17.1 Å². The monoisotopic (exact) mass is 488 g/mol. The van der Waals surface area contributed by atoms with Crippen molar-refractivity contribution < 1.29 is 31.3 Å². The molecule has 0 radical (unpaired) electrons. The van der Waals surface area contributed by atoms with Crippen molar-refractivity contribution >= 4 is 83.4 Å². The van der Waals surface area contributed by atoms with E-state index in [1.54, 1.807) is 0 Å². The van der Waals surface area contributed by atoms with Crippen LogP contribution in [-0.2, 0) is 24.9 Å². The number of anilines is 1. The van der Waals surface area contributed by atoms with E-state index in [9.17, 15) is 31.3 Å². The number of carbonyl (C=O) groups is 1. The normalized spacial score (nSPS) is 12.0. The quantitative estimate of drug-likeness (QED) is 0.240. The standard InChI is InChI=1S/C18H16N4O7S2.Na.H/c1-10(23)20-14-8-9-16(31(27,28)29)13-6-7-15(18(24)17(13)14)22-21-11-2-4-12(5-3-11)30(19,25)26;;/h2-9,24H,1H3,(H,20,23)(H2,19,25,26)(H,27,28,29);;. The van der Waals surface area contributed by atoms with Crippen LogP contribution in [0.3, 0.4) is 0 Å². The molecule has 0 fully saturated rings. The Labute approximate surface area is 205 Å². The van der Waals surface area contributed by atoms with Gasteiger partial charge < -0.3 is 10.4 Å². The first-order valence-corrected chi connectivity index (χ1v) is 11.4. The van der Waals surface area contributed by atoms with Gasteiger partial charge >= 0.3 is 29.6 Å². The summed E-state index contributed by atoms with van der Waals surface area (Å²) in [5.74, 6) is -0.959. The number of fused-ring (bicyclic) bond motifs is 1. The summed E-state index contributed by atoms with van der Waals surface area (Å²) in [5.41, 5.74) is 0.282. The summed E-state index contributed by atoms with van der Waals surface area (Å²) in [6.07, 6.45) is 0. The number of nitrogens with zero attached hydrogens (tertiary/aromatic N) is 2. The summed E-state index contributed by atoms with van der Waals surface area (Å²) in [5, 5.41) is 25.9. The molecular formula is C18H17N4NaO7S2. The summed E-state index contributed by atoms with van der Waals surface area (Å²) >= 11 is 0. The molecule has 0 saturated heterocycles. The van der Waals surface area contributed by atoms with E-state index < -0.39 is 36.7 Å². The molecule has 1 amide bonds. The van der Waals surface area contributed by atoms with Gasteiger partial charge in [-0.05, 0) is 42.5 Å². The average Bonchev–Trinajstić information content (AvgIpc) is 2.65. The predicted octanol–water partition coefficient (Wildman–Crippen LogP) is 2.16. The SMILES string of the molecule is CC(=O)Nc1ccc(S(=O)(=O)O)c2ccc(N=Nc3ccc(S(N)(=O)=O)cc3)c(O)c12.[NaH]. The first kappa shape index (κ1) is 25.9. The minimum absolute atomic E-state index is 0. The van der Waals surface area contributed by atoms with Crippen LogP contribution in [0.5, 0.6) is 5.75 Å². The van der Waals surface area contributed by atoms with Crippen molar-refractivity contribution in [1.29, 1.82) is 0 Å². The number of nitrogens with one attached hydrogen (secondary N) is 1. The second-order valence-electron chi connectivity index (χ2n) is 6.36. The Morgan fingerprint density at radius 3 is 2.12 bits per heavy atom. The number of sulfonamides is 1. The molecule has 0 unspecified atom stereocenters. The Kier molecular flexibility index (Phi) is 7.78. The molecule has 0 saturated carbocycles. The molecule has 32 heavy (non-hydrogen) atoms. The summed E-state index contributed by atoms with van der Waals surface area (Å²) in [7, 11) is -8.48. The number of benzene rings is 3. The molecule has 14 heteroatoms. The van der Waals surface area contributed by atoms with E-state index in [0.717, 1.165) is 6.07 Å². The summed E-state index contributed by atoms with van der Waals surface area (Å²) in [6, 6.07) is 10.0. The molecule has 5 N–H and O–H groups in total. The zero-order valence-corrected chi connectivity index (χ0v) is 17.5. The third-order valence-corrected chi connectivity index (χ3v) is 5.96. The second-order valence-corrected chi connectivity index (χ2v) is 9.31. The van der Waals surface area contributed by atoms with Crippen LogP contribution in [0.1, 0.15) is 6.92 Å². The zero-order valence-electron chi connectivity index (χ0n) is 15.8. The van der Waals surface area contributed by atoms with Crippen molar-refractivity contribution in [3.05, 3.63) is 48.5 Å². The molecule has 0 heterocycles. The minimum atomic E-state index is -4.61. The number of amides is 1. The van der Waals surface area contributed by atoms with E-state index in [4.69, 9.17) is 5.14 Å². The number of primary sulfonamides is 1. The number of rotatable bonds is 5. The topological polar surface area (TPSA) is 189 Å². The number of aromatic hydroxyl groups is 1. The number of nitrogens with two attached hydrogens (primary N) is 1. The molecule has 0 aromatic heterocycles. The third kappa shape index (κ3) is 5.69. The Bertz CT molecular complexity index is 1440. The Balaban J connectivity index is 0.00000363. The van der Waals surface area contributed by atoms with Crippen molar-refractivity contribution in [3.63, 3.8) is 0 Å². The van der Waals surface area contributed by atoms with Crippen LogP contribution in [-0.4, -0.2) is 62.0 Å². The number of phenols is 1. The van der Waals surface area contributed by atoms with Gasteiger partial charge in [-0.2, -0.15) is 13.5 Å². The van der Waals surface area contributed by atoms with Crippen LogP contribution in [0.15, 0.2) is 68.6 Å². The van der Waals surface area contributed by atoms with Gasteiger partial charge in [0.1, 0.15) is 10.6 Å². The van der Waals surface area contributed by atoms with Crippen molar-refractivity contribution in [2.75, 3.05) is 5.32 Å². The number of hydrogen-bond acceptors (Lipinski definition) is 8. The maximum atomic E-state index is 11.7. The van der Waals surface area contributed by atoms with Gasteiger partial charge in [0.15, 0.2) is 5.75 Å². The van der Waals surface area contributed by atoms with Crippen molar-refractivity contribution in [3.8, 4) is 5.75 Å². The van der Waals surface area contributed by atoms with E-state index >= 15 is 0 Å². The van der Waals surface area contributed by atoms with E-state index in [1.165, 1.54) is 49.4 Å². The number of phenolic OH excluding ortho intramolecular Hbond substituents is 1. The molecule has 0 aliphatic carbocycles. The molecule has 0 bridgehead atoms. The number of azo groups is 1. The van der Waals surface area contributed by atoms with Gasteiger partial charge in [0.05, 0.1) is 21.7 Å². The second kappa shape index (κ2) is 9.62. The van der Waals surface area contributed by atoms with Crippen LogP contribution < -0.4 is 10.5 Å². The molecule has 0 spiro atoms. The maximum absolute atomic E-state index is 11.7. The first-order valence-electron chi connectivity index (χ1n) is 8.46. The molecule has 0 aliphatic rings. The number of hydrogen-bond donors (Lipinski definition) is 4. The van der Waals surface area contributed by atoms with Gasteiger partial charge in [0.25, 0.3) is 10.1 Å². The molecule has 3 aromatic rings. The molecule has 0 atom stereocenters. The molecule has 3 aromatic carbocycles. The van der Waals surface area contributed by atoms with Gasteiger partial charge in [-0.15, -0.1) is 5.11 Å². The molecule has 0 aliphatic heterocycles. The van der Waals surface area contributed by atoms with Crippen LogP contribution in [0.2, 0.25) is 0 Å². The Hall–Kier alpha value is -2.39. The predicted molar refractivity (Wildman–Crippen MR) is 119 cm³/mol. The number of carbonyl (C=O) groups excluding carboxylic acids is 1. The molecule has 11 nitrogen and oxygen atoms in total. The van der Waals surface area contributed by atoms with E-state index in [1.807, 2.05) is 0 Å². The molecule has 164 valence electrons. The van der Waals surface area contributed by atoms with Gasteiger partial charge in [-0.3, -0.25) is 9.35 Å². The first-order chi connectivity index (χ1) is 14.4. The third-order valence-electron chi connectivity index (χ3n) is 4.12. The van der Waals surface area contributed by atoms with Crippen LogP contribution >= 0.6 is 0 Å². The fourth-order valence-electron chi connectivity index (χ4n) is 2.80. The van der Waals surface area contributed by atoms with Crippen molar-refractivity contribution in [2.24, 2.45) is 15.4 Å². The van der Waals surface area contributed by atoms with Gasteiger partial charge in [-0.25, -0.2) is 13.6 Å². The molecule has 3 rings (SSSR count). The fraction of sp³-hybridized carbons (Fsp3) is 0.0556. The van der Waals surface area contributed by atoms with Crippen molar-refractivity contribution in [2.45, 2.75) is 16.7 Å². The summed E-state index contributed by atoms with van der Waals surface area (Å²) in [4.78, 5) is 10.9. The van der Waals surface area contributed by atoms with Crippen LogP contribution in [0, 0.1) is 0 Å². The Morgan fingerprint density at radius 2 is 1.59 bits per heavy atom. The zero-order chi connectivity index (χ0) is 23.0. The van der Waals surface area contributed by atoms with Crippen LogP contribution in [0.25, 0.3) is 10.8 Å². The van der Waals surface area contributed by atoms with Gasteiger partial charge in [0.2, 0.25) is 15.9 Å². The van der Waals surface area contributed by atoms with E-state index in [2.05, 4.69) is 15.5 Å². The van der Waals surface area contributed by atoms with Gasteiger partial charge in [0, 0.05) is 12.3 Å². The Morgan fingerprint density at radius 1 is 0.969 bits per heavy atom. The van der Waals surface area contributed by atoms with Gasteiger partial charge in [-0.1, -0.05) is 6.07 Å². The average molecular weight is 488 g/mol. The van der Waals surface area contributed by atoms with E-state index in [-0.39, 0.29) is 62.3 Å². The summed E-state index contributed by atoms with van der Waals surface area (Å²) in [6.45, 7) is 1.23. The van der Waals surface area contributed by atoms with Crippen molar-refractivity contribution in [1.82, 2.24) is 0 Å². The molecular weight excluding hydrogens is 471 g/mol.